The number of nitrogens with two attached hydrogens (primary N) is 1. The van der Waals surface area contributed by atoms with Crippen molar-refractivity contribution in [1.29, 1.82) is 0 Å². The molecular weight excluding hydrogens is 554 g/mol. The highest BCUT2D eigenvalue weighted by Gasteiger charge is 2.64. The number of amides is 2. The predicted octanol–water partition coefficient (Wildman–Crippen LogP) is 3.13. The molecule has 0 spiro atoms. The summed E-state index contributed by atoms with van der Waals surface area (Å²) in [6, 6.07) is 9.74. The van der Waals surface area contributed by atoms with Crippen LogP contribution in [0.25, 0.3) is 21.9 Å². The number of pyridine rings is 1. The summed E-state index contributed by atoms with van der Waals surface area (Å²) in [6.07, 6.45) is 2.73. The van der Waals surface area contributed by atoms with Gasteiger partial charge < -0.3 is 25.3 Å². The lowest BCUT2D eigenvalue weighted by Crippen LogP contribution is -2.46. The zero-order valence-corrected chi connectivity index (χ0v) is 22.2. The molecule has 2 fully saturated rings. The van der Waals surface area contributed by atoms with Gasteiger partial charge in [-0.3, -0.25) is 9.59 Å². The Hall–Kier alpha value is -4.06. The molecule has 3 aromatic heterocycles. The highest BCUT2D eigenvalue weighted by molar-refractivity contribution is 9.10. The number of fused-ring (bicyclic) bond motifs is 4. The van der Waals surface area contributed by atoms with Gasteiger partial charge in [-0.2, -0.15) is 0 Å². The number of hydrogen-bond acceptors (Lipinski definition) is 8. The van der Waals surface area contributed by atoms with Crippen molar-refractivity contribution in [2.75, 3.05) is 18.2 Å². The van der Waals surface area contributed by atoms with Gasteiger partial charge in [-0.1, -0.05) is 19.1 Å². The van der Waals surface area contributed by atoms with Gasteiger partial charge in [-0.05, 0) is 58.5 Å². The maximum absolute atomic E-state index is 13.9. The summed E-state index contributed by atoms with van der Waals surface area (Å²) >= 11 is 3.31. The highest BCUT2D eigenvalue weighted by atomic mass is 79.9. The van der Waals surface area contributed by atoms with Crippen LogP contribution in [-0.4, -0.2) is 61.4 Å². The molecule has 11 nitrogen and oxygen atoms in total. The van der Waals surface area contributed by atoms with Crippen LogP contribution in [0.3, 0.4) is 0 Å². The Bertz CT molecular complexity index is 1650. The third kappa shape index (κ3) is 3.78. The zero-order valence-electron chi connectivity index (χ0n) is 20.6. The number of nitrogen functional groups attached to an aromatic ring is 1. The number of likely N-dealkylation sites (tertiary alicyclic amines) is 1. The molecule has 6 rings (SSSR count). The van der Waals surface area contributed by atoms with E-state index >= 15 is 0 Å². The van der Waals surface area contributed by atoms with Gasteiger partial charge in [0.15, 0.2) is 0 Å². The molecule has 2 amide bonds. The lowest BCUT2D eigenvalue weighted by molar-refractivity contribution is -0.138. The average molecular weight is 578 g/mol. The van der Waals surface area contributed by atoms with E-state index in [-0.39, 0.29) is 35.6 Å². The summed E-state index contributed by atoms with van der Waals surface area (Å²) < 4.78 is 7.30. The molecule has 4 aromatic rings. The quantitative estimate of drug-likeness (QED) is 0.272. The minimum absolute atomic E-state index is 0.0281. The van der Waals surface area contributed by atoms with E-state index in [1.54, 1.807) is 45.9 Å². The summed E-state index contributed by atoms with van der Waals surface area (Å²) in [7, 11) is 1.30. The van der Waals surface area contributed by atoms with Crippen LogP contribution in [-0.2, 0) is 20.9 Å². The van der Waals surface area contributed by atoms with Crippen molar-refractivity contribution in [1.82, 2.24) is 24.4 Å². The van der Waals surface area contributed by atoms with E-state index in [1.165, 1.54) is 13.4 Å². The number of nitrogens with zero attached hydrogens (tertiary/aromatic N) is 5. The first-order chi connectivity index (χ1) is 18.2. The van der Waals surface area contributed by atoms with Gasteiger partial charge in [0.1, 0.15) is 40.8 Å². The Labute approximate surface area is 225 Å². The molecule has 38 heavy (non-hydrogen) atoms. The number of anilines is 2. The molecule has 0 bridgehead atoms. The van der Waals surface area contributed by atoms with E-state index in [0.29, 0.717) is 44.3 Å². The third-order valence-electron chi connectivity index (χ3n) is 7.59. The SMILES string of the molecule is COC(=O)c1cccc2c1c1c(N)ncnc1n2CC(=O)N1C2C[C@]2(C)C[C@H]1C(=O)Nc1cccc(Br)n1. The van der Waals surface area contributed by atoms with Crippen LogP contribution in [0.1, 0.15) is 30.1 Å². The molecule has 1 aromatic carbocycles. The van der Waals surface area contributed by atoms with Gasteiger partial charge in [-0.15, -0.1) is 0 Å². The fraction of sp³-hybridized carbons (Fsp3) is 0.308. The Morgan fingerprint density at radius 3 is 2.71 bits per heavy atom. The standard InChI is InChI=1S/C26H24BrN7O4/c1-26-9-15(24(36)32-18-8-4-7-17(27)31-18)34(16(26)10-26)19(35)11-33-14-6-3-5-13(25(37)38-2)20(14)21-22(28)29-12-30-23(21)33/h3-8,12,15-16H,9-11H2,1-2H3,(H2,28,29,30)(H,31,32,36)/t15-,16?,26-/m0/s1. The van der Waals surface area contributed by atoms with E-state index in [9.17, 15) is 14.4 Å². The van der Waals surface area contributed by atoms with Crippen LogP contribution >= 0.6 is 15.9 Å². The van der Waals surface area contributed by atoms with Crippen molar-refractivity contribution in [2.24, 2.45) is 5.41 Å². The smallest absolute Gasteiger partial charge is 0.338 e. The largest absolute Gasteiger partial charge is 0.465 e. The Morgan fingerprint density at radius 1 is 1.16 bits per heavy atom. The third-order valence-corrected chi connectivity index (χ3v) is 8.03. The monoisotopic (exact) mass is 577 g/mol. The number of halogens is 1. The second-order valence-electron chi connectivity index (χ2n) is 9.96. The van der Waals surface area contributed by atoms with Crippen LogP contribution in [0.2, 0.25) is 0 Å². The van der Waals surface area contributed by atoms with Gasteiger partial charge in [0, 0.05) is 11.4 Å². The molecule has 12 heteroatoms. The second kappa shape index (κ2) is 8.76. The number of aromatic nitrogens is 4. The van der Waals surface area contributed by atoms with E-state index < -0.39 is 12.0 Å². The molecule has 1 aliphatic carbocycles. The van der Waals surface area contributed by atoms with Crippen molar-refractivity contribution in [3.05, 3.63) is 52.9 Å². The first kappa shape index (κ1) is 24.3. The predicted molar refractivity (Wildman–Crippen MR) is 143 cm³/mol. The summed E-state index contributed by atoms with van der Waals surface area (Å²) in [4.78, 5) is 54.3. The molecule has 0 radical (unpaired) electrons. The fourth-order valence-corrected chi connectivity index (χ4v) is 6.02. The molecule has 2 aliphatic rings. The molecule has 3 atom stereocenters. The molecule has 1 unspecified atom stereocenters. The summed E-state index contributed by atoms with van der Waals surface area (Å²) in [5.41, 5.74) is 7.44. The van der Waals surface area contributed by atoms with Gasteiger partial charge >= 0.3 is 5.97 Å². The lowest BCUT2D eigenvalue weighted by Gasteiger charge is -2.27. The number of methoxy groups -OCH3 is 1. The molecule has 194 valence electrons. The summed E-state index contributed by atoms with van der Waals surface area (Å²) in [5, 5.41) is 3.85. The Morgan fingerprint density at radius 2 is 1.95 bits per heavy atom. The maximum atomic E-state index is 13.9. The number of nitrogens with one attached hydrogen (secondary N) is 1. The maximum Gasteiger partial charge on any atom is 0.338 e. The number of esters is 1. The first-order valence-corrected chi connectivity index (χ1v) is 12.9. The van der Waals surface area contributed by atoms with Crippen molar-refractivity contribution >= 4 is 67.3 Å². The number of carbonyl (C=O) groups is 3. The number of benzene rings is 1. The fourth-order valence-electron chi connectivity index (χ4n) is 5.68. The minimum atomic E-state index is -0.634. The average Bonchev–Trinajstić information content (AvgIpc) is 3.29. The van der Waals surface area contributed by atoms with Crippen molar-refractivity contribution in [3.63, 3.8) is 0 Å². The topological polar surface area (TPSA) is 145 Å². The van der Waals surface area contributed by atoms with E-state index in [1.807, 2.05) is 0 Å². The summed E-state index contributed by atoms with van der Waals surface area (Å²) in [5.74, 6) is -0.433. The van der Waals surface area contributed by atoms with E-state index in [2.05, 4.69) is 43.1 Å². The summed E-state index contributed by atoms with van der Waals surface area (Å²) in [6.45, 7) is 2.01. The zero-order chi connectivity index (χ0) is 26.8. The van der Waals surface area contributed by atoms with E-state index in [0.717, 1.165) is 6.42 Å². The molecule has 1 saturated carbocycles. The molecule has 1 aliphatic heterocycles. The Balaban J connectivity index is 1.38. The van der Waals surface area contributed by atoms with Crippen LogP contribution in [0.5, 0.6) is 0 Å². The van der Waals surface area contributed by atoms with Crippen molar-refractivity contribution in [3.8, 4) is 0 Å². The van der Waals surface area contributed by atoms with Gasteiger partial charge in [-0.25, -0.2) is 19.7 Å². The Kier molecular flexibility index (Phi) is 5.60. The molecular formula is C26H24BrN7O4. The molecule has 3 N–H and O–H groups in total. The van der Waals surface area contributed by atoms with Crippen LogP contribution in [0.4, 0.5) is 11.6 Å². The van der Waals surface area contributed by atoms with Gasteiger partial charge in [0.25, 0.3) is 0 Å². The van der Waals surface area contributed by atoms with Crippen LogP contribution < -0.4 is 11.1 Å². The van der Waals surface area contributed by atoms with E-state index in [4.69, 9.17) is 10.5 Å². The van der Waals surface area contributed by atoms with Crippen molar-refractivity contribution in [2.45, 2.75) is 38.4 Å². The normalized spacial score (nSPS) is 21.9. The number of ether oxygens (including phenoxy) is 1. The number of rotatable bonds is 5. The van der Waals surface area contributed by atoms with Gasteiger partial charge in [0.2, 0.25) is 11.8 Å². The second-order valence-corrected chi connectivity index (χ2v) is 10.8. The van der Waals surface area contributed by atoms with Gasteiger partial charge in [0.05, 0.1) is 23.6 Å². The molecule has 1 saturated heterocycles. The number of piperidine rings is 1. The van der Waals surface area contributed by atoms with Crippen LogP contribution in [0, 0.1) is 5.41 Å². The lowest BCUT2D eigenvalue weighted by atomic mass is 10.0. The number of hydrogen-bond donors (Lipinski definition) is 2. The van der Waals surface area contributed by atoms with Crippen molar-refractivity contribution < 1.29 is 19.1 Å². The van der Waals surface area contributed by atoms with Crippen LogP contribution in [0.15, 0.2) is 47.3 Å². The number of carbonyl (C=O) groups excluding carboxylic acids is 3. The molecule has 4 heterocycles. The highest BCUT2D eigenvalue weighted by Crippen LogP contribution is 2.59. The minimum Gasteiger partial charge on any atom is -0.465 e. The first-order valence-electron chi connectivity index (χ1n) is 12.1.